The van der Waals surface area contributed by atoms with Gasteiger partial charge >= 0.3 is 0 Å². The summed E-state index contributed by atoms with van der Waals surface area (Å²) in [6.45, 7) is 2.45. The van der Waals surface area contributed by atoms with Crippen LogP contribution >= 0.6 is 11.3 Å². The molecule has 0 saturated carbocycles. The second-order valence-electron chi connectivity index (χ2n) is 6.04. The van der Waals surface area contributed by atoms with Crippen molar-refractivity contribution in [3.8, 4) is 0 Å². The Morgan fingerprint density at radius 3 is 3.14 bits per heavy atom. The fourth-order valence-corrected chi connectivity index (χ4v) is 4.61. The lowest BCUT2D eigenvalue weighted by Crippen LogP contribution is -2.39. The number of carbonyl (C=O) groups is 1. The predicted octanol–water partition coefficient (Wildman–Crippen LogP) is 3.30. The number of para-hydroxylation sites is 1. The predicted molar refractivity (Wildman–Crippen MR) is 90.5 cm³/mol. The average molecular weight is 312 g/mol. The molecule has 1 amide bonds. The van der Waals surface area contributed by atoms with Gasteiger partial charge in [0.25, 0.3) is 0 Å². The molecule has 0 radical (unpaired) electrons. The smallest absolute Gasteiger partial charge is 0.234 e. The first-order valence-electron chi connectivity index (χ1n) is 8.01. The normalized spacial score (nSPS) is 20.9. The van der Waals surface area contributed by atoms with E-state index in [0.29, 0.717) is 0 Å². The summed E-state index contributed by atoms with van der Waals surface area (Å²) < 4.78 is 0. The van der Waals surface area contributed by atoms with E-state index in [-0.39, 0.29) is 11.8 Å². The number of carbonyl (C=O) groups excluding carboxylic acids is 1. The second-order valence-corrected chi connectivity index (χ2v) is 7.04. The van der Waals surface area contributed by atoms with Crippen LogP contribution in [0.3, 0.4) is 0 Å². The van der Waals surface area contributed by atoms with Crippen LogP contribution in [0.5, 0.6) is 0 Å². The lowest BCUT2D eigenvalue weighted by molar-refractivity contribution is -0.120. The highest BCUT2D eigenvalue weighted by atomic mass is 32.1. The Morgan fingerprint density at radius 2 is 2.18 bits per heavy atom. The van der Waals surface area contributed by atoms with E-state index in [1.807, 2.05) is 17.0 Å². The highest BCUT2D eigenvalue weighted by Gasteiger charge is 2.32. The Bertz CT molecular complexity index is 694. The van der Waals surface area contributed by atoms with Crippen LogP contribution < -0.4 is 10.2 Å². The fraction of sp³-hybridized carbons (Fsp3) is 0.389. The Morgan fingerprint density at radius 1 is 1.27 bits per heavy atom. The van der Waals surface area contributed by atoms with Gasteiger partial charge in [0.2, 0.25) is 5.91 Å². The summed E-state index contributed by atoms with van der Waals surface area (Å²) in [5, 5.41) is 5.55. The third kappa shape index (κ3) is 2.36. The Hall–Kier alpha value is -1.65. The van der Waals surface area contributed by atoms with Crippen molar-refractivity contribution in [2.75, 3.05) is 18.0 Å². The molecule has 1 atom stereocenters. The number of benzene rings is 1. The molecule has 3 nitrogen and oxygen atoms in total. The summed E-state index contributed by atoms with van der Waals surface area (Å²) in [7, 11) is 0. The van der Waals surface area contributed by atoms with Crippen molar-refractivity contribution in [2.45, 2.75) is 31.7 Å². The van der Waals surface area contributed by atoms with E-state index < -0.39 is 0 Å². The van der Waals surface area contributed by atoms with Gasteiger partial charge in [-0.15, -0.1) is 11.3 Å². The molecule has 1 aromatic heterocycles. The molecular formula is C18H20N2OS. The number of hydrogen-bond donors (Lipinski definition) is 1. The Balaban J connectivity index is 1.69. The number of rotatable bonds is 1. The zero-order chi connectivity index (χ0) is 14.9. The molecule has 0 fully saturated rings. The van der Waals surface area contributed by atoms with Crippen molar-refractivity contribution in [3.63, 3.8) is 0 Å². The van der Waals surface area contributed by atoms with Crippen LogP contribution in [0.2, 0.25) is 0 Å². The van der Waals surface area contributed by atoms with Crippen molar-refractivity contribution in [2.24, 2.45) is 0 Å². The van der Waals surface area contributed by atoms with Crippen molar-refractivity contribution in [3.05, 3.63) is 51.7 Å². The number of hydrogen-bond acceptors (Lipinski definition) is 3. The minimum atomic E-state index is 0.0427. The minimum absolute atomic E-state index is 0.0427. The highest BCUT2D eigenvalue weighted by Crippen LogP contribution is 2.37. The fourth-order valence-electron chi connectivity index (χ4n) is 3.62. The zero-order valence-corrected chi connectivity index (χ0v) is 13.4. The molecule has 22 heavy (non-hydrogen) atoms. The molecule has 1 unspecified atom stereocenters. The van der Waals surface area contributed by atoms with Crippen LogP contribution in [0, 0.1) is 0 Å². The zero-order valence-electron chi connectivity index (χ0n) is 12.5. The summed E-state index contributed by atoms with van der Waals surface area (Å²) in [5.74, 6) is 0.316. The van der Waals surface area contributed by atoms with Crippen molar-refractivity contribution in [1.29, 1.82) is 0 Å². The van der Waals surface area contributed by atoms with Crippen LogP contribution in [0.25, 0.3) is 0 Å². The van der Waals surface area contributed by atoms with Gasteiger partial charge < -0.3 is 10.2 Å². The summed E-state index contributed by atoms with van der Waals surface area (Å²) in [4.78, 5) is 16.6. The second kappa shape index (κ2) is 5.86. The van der Waals surface area contributed by atoms with Gasteiger partial charge in [0.05, 0.1) is 5.92 Å². The molecule has 4 heteroatoms. The summed E-state index contributed by atoms with van der Waals surface area (Å²) >= 11 is 1.80. The molecule has 0 spiro atoms. The minimum Gasteiger partial charge on any atom is -0.311 e. The van der Waals surface area contributed by atoms with E-state index >= 15 is 0 Å². The Labute approximate surface area is 135 Å². The van der Waals surface area contributed by atoms with Gasteiger partial charge in [0, 0.05) is 30.2 Å². The van der Waals surface area contributed by atoms with Crippen molar-refractivity contribution in [1.82, 2.24) is 5.32 Å². The summed E-state index contributed by atoms with van der Waals surface area (Å²) in [6.07, 6.45) is 3.24. The van der Waals surface area contributed by atoms with Gasteiger partial charge in [-0.1, -0.05) is 18.2 Å². The molecule has 0 saturated heterocycles. The first-order chi connectivity index (χ1) is 10.8. The molecule has 0 bridgehead atoms. The third-order valence-electron chi connectivity index (χ3n) is 4.73. The monoisotopic (exact) mass is 312 g/mol. The molecule has 2 heterocycles. The van der Waals surface area contributed by atoms with E-state index in [1.165, 1.54) is 16.0 Å². The number of fused-ring (bicyclic) bond motifs is 2. The highest BCUT2D eigenvalue weighted by molar-refractivity contribution is 7.10. The van der Waals surface area contributed by atoms with E-state index in [2.05, 4.69) is 28.9 Å². The molecule has 114 valence electrons. The number of aryl methyl sites for hydroxylation is 1. The molecule has 1 N–H and O–H groups in total. The first-order valence-corrected chi connectivity index (χ1v) is 8.89. The number of anilines is 1. The van der Waals surface area contributed by atoms with Crippen LogP contribution in [0.15, 0.2) is 35.7 Å². The molecule has 1 aromatic carbocycles. The van der Waals surface area contributed by atoms with Gasteiger partial charge in [-0.2, -0.15) is 0 Å². The van der Waals surface area contributed by atoms with E-state index in [1.54, 1.807) is 11.3 Å². The third-order valence-corrected chi connectivity index (χ3v) is 5.72. The molecular weight excluding hydrogens is 292 g/mol. The molecule has 2 aliphatic rings. The molecule has 1 aliphatic carbocycles. The van der Waals surface area contributed by atoms with Crippen LogP contribution in [-0.2, 0) is 17.8 Å². The van der Waals surface area contributed by atoms with Gasteiger partial charge in [0.1, 0.15) is 0 Å². The maximum absolute atomic E-state index is 13.2. The quantitative estimate of drug-likeness (QED) is 0.876. The standard InChI is InChI=1S/C18H20N2OS/c21-18(15-5-3-7-17-14(15)8-11-22-17)20-10-9-19-12-13-4-1-2-6-16(13)20/h1-2,4,6,8,11,15,19H,3,5,7,9-10,12H2. The topological polar surface area (TPSA) is 32.3 Å². The Kier molecular flexibility index (Phi) is 3.72. The largest absolute Gasteiger partial charge is 0.311 e. The van der Waals surface area contributed by atoms with Crippen LogP contribution in [0.1, 0.15) is 34.8 Å². The maximum Gasteiger partial charge on any atom is 0.234 e. The number of thiophene rings is 1. The molecule has 1 aliphatic heterocycles. The first kappa shape index (κ1) is 14.0. The molecule has 4 rings (SSSR count). The lowest BCUT2D eigenvalue weighted by Gasteiger charge is -2.29. The summed E-state index contributed by atoms with van der Waals surface area (Å²) in [6, 6.07) is 10.4. The van der Waals surface area contributed by atoms with Gasteiger partial charge in [-0.05, 0) is 47.9 Å². The van der Waals surface area contributed by atoms with Crippen LogP contribution in [0.4, 0.5) is 5.69 Å². The van der Waals surface area contributed by atoms with E-state index in [9.17, 15) is 4.79 Å². The van der Waals surface area contributed by atoms with Crippen molar-refractivity contribution < 1.29 is 4.79 Å². The van der Waals surface area contributed by atoms with Gasteiger partial charge in [-0.3, -0.25) is 4.79 Å². The lowest BCUT2D eigenvalue weighted by atomic mass is 9.86. The van der Waals surface area contributed by atoms with Crippen molar-refractivity contribution >= 4 is 22.9 Å². The maximum atomic E-state index is 13.2. The number of amides is 1. The average Bonchev–Trinajstić information content (AvgIpc) is 2.93. The summed E-state index contributed by atoms with van der Waals surface area (Å²) in [5.41, 5.74) is 3.57. The van der Waals surface area contributed by atoms with Gasteiger partial charge in [-0.25, -0.2) is 0 Å². The van der Waals surface area contributed by atoms with Crippen LogP contribution in [-0.4, -0.2) is 19.0 Å². The number of nitrogens with zero attached hydrogens (tertiary/aromatic N) is 1. The SMILES string of the molecule is O=C(C1CCCc2sccc21)N1CCNCc2ccccc21. The van der Waals surface area contributed by atoms with E-state index in [4.69, 9.17) is 0 Å². The number of nitrogens with one attached hydrogen (secondary N) is 1. The van der Waals surface area contributed by atoms with E-state index in [0.717, 1.165) is 44.6 Å². The van der Waals surface area contributed by atoms with Gasteiger partial charge in [0.15, 0.2) is 0 Å². The molecule has 2 aromatic rings.